The molecule has 1 aromatic rings. The summed E-state index contributed by atoms with van der Waals surface area (Å²) in [4.78, 5) is 7.43. The van der Waals surface area contributed by atoms with Gasteiger partial charge in [0.15, 0.2) is 0 Å². The first kappa shape index (κ1) is 11.0. The third-order valence-corrected chi connectivity index (χ3v) is 2.11. The fourth-order valence-corrected chi connectivity index (χ4v) is 1.15. The first-order valence-corrected chi connectivity index (χ1v) is 5.01. The van der Waals surface area contributed by atoms with Crippen LogP contribution in [0.5, 0.6) is 0 Å². The molecule has 2 nitrogen and oxygen atoms in total. The van der Waals surface area contributed by atoms with Gasteiger partial charge in [-0.1, -0.05) is 32.9 Å². The standard InChI is InChI=1S/C12H20N2/c1-11(2,3)6-7-12(4,5)10-13-8-9-14-10/h6-9H,1-5H3,(H,13,14)/b7-6+. The van der Waals surface area contributed by atoms with Crippen LogP contribution in [0.3, 0.4) is 0 Å². The van der Waals surface area contributed by atoms with Crippen LogP contribution in [0.4, 0.5) is 0 Å². The molecule has 0 unspecified atom stereocenters. The summed E-state index contributed by atoms with van der Waals surface area (Å²) in [6.07, 6.45) is 8.10. The quantitative estimate of drug-likeness (QED) is 0.716. The van der Waals surface area contributed by atoms with Crippen molar-refractivity contribution in [1.82, 2.24) is 9.97 Å². The molecular formula is C12H20N2. The minimum absolute atomic E-state index is 0.0171. The first-order chi connectivity index (χ1) is 6.31. The van der Waals surface area contributed by atoms with E-state index in [1.54, 1.807) is 6.20 Å². The molecular weight excluding hydrogens is 172 g/mol. The van der Waals surface area contributed by atoms with Gasteiger partial charge >= 0.3 is 0 Å². The second kappa shape index (κ2) is 3.60. The zero-order valence-corrected chi connectivity index (χ0v) is 9.76. The second-order valence-electron chi connectivity index (χ2n) is 5.36. The lowest BCUT2D eigenvalue weighted by Gasteiger charge is -2.20. The lowest BCUT2D eigenvalue weighted by atomic mass is 9.87. The highest BCUT2D eigenvalue weighted by Gasteiger charge is 2.20. The number of nitrogens with one attached hydrogen (secondary N) is 1. The number of allylic oxidation sites excluding steroid dienone is 2. The molecule has 0 fully saturated rings. The van der Waals surface area contributed by atoms with Gasteiger partial charge in [0.05, 0.1) is 0 Å². The minimum Gasteiger partial charge on any atom is -0.348 e. The number of hydrogen-bond donors (Lipinski definition) is 1. The molecule has 0 aliphatic carbocycles. The Kier molecular flexibility index (Phi) is 2.84. The number of aromatic amines is 1. The van der Waals surface area contributed by atoms with Gasteiger partial charge in [0.2, 0.25) is 0 Å². The van der Waals surface area contributed by atoms with E-state index in [9.17, 15) is 0 Å². The summed E-state index contributed by atoms with van der Waals surface area (Å²) in [5, 5.41) is 0. The average molecular weight is 192 g/mol. The Balaban J connectivity index is 2.83. The fourth-order valence-electron chi connectivity index (χ4n) is 1.15. The molecule has 78 valence electrons. The molecule has 0 atom stereocenters. The monoisotopic (exact) mass is 192 g/mol. The van der Waals surface area contributed by atoms with Gasteiger partial charge in [0, 0.05) is 17.8 Å². The Bertz CT molecular complexity index is 300. The van der Waals surface area contributed by atoms with Crippen molar-refractivity contribution in [2.45, 2.75) is 40.0 Å². The molecule has 0 saturated heterocycles. The summed E-state index contributed by atoms with van der Waals surface area (Å²) in [6.45, 7) is 10.9. The lowest BCUT2D eigenvalue weighted by molar-refractivity contribution is 0.528. The Morgan fingerprint density at radius 2 is 1.79 bits per heavy atom. The summed E-state index contributed by atoms with van der Waals surface area (Å²) in [5.41, 5.74) is 0.209. The third-order valence-electron chi connectivity index (χ3n) is 2.11. The lowest BCUT2D eigenvalue weighted by Crippen LogP contribution is -2.16. The molecule has 0 saturated carbocycles. The molecule has 0 spiro atoms. The van der Waals surface area contributed by atoms with Gasteiger partial charge in [0.25, 0.3) is 0 Å². The van der Waals surface area contributed by atoms with E-state index in [1.165, 1.54) is 0 Å². The van der Waals surface area contributed by atoms with Gasteiger partial charge in [-0.2, -0.15) is 0 Å². The van der Waals surface area contributed by atoms with E-state index in [0.29, 0.717) is 0 Å². The molecule has 1 heterocycles. The maximum Gasteiger partial charge on any atom is 0.115 e. The Morgan fingerprint density at radius 1 is 1.14 bits per heavy atom. The maximum absolute atomic E-state index is 4.28. The average Bonchev–Trinajstić information content (AvgIpc) is 2.52. The van der Waals surface area contributed by atoms with Crippen LogP contribution in [0, 0.1) is 5.41 Å². The van der Waals surface area contributed by atoms with Crippen molar-refractivity contribution in [3.8, 4) is 0 Å². The topological polar surface area (TPSA) is 28.7 Å². The largest absolute Gasteiger partial charge is 0.348 e. The number of rotatable bonds is 2. The maximum atomic E-state index is 4.28. The van der Waals surface area contributed by atoms with Gasteiger partial charge in [-0.25, -0.2) is 4.98 Å². The first-order valence-electron chi connectivity index (χ1n) is 5.01. The number of H-pyrrole nitrogens is 1. The van der Waals surface area contributed by atoms with E-state index >= 15 is 0 Å². The molecule has 0 aromatic carbocycles. The number of hydrogen-bond acceptors (Lipinski definition) is 1. The van der Waals surface area contributed by atoms with E-state index in [4.69, 9.17) is 0 Å². The normalized spacial score (nSPS) is 13.8. The highest BCUT2D eigenvalue weighted by Crippen LogP contribution is 2.24. The smallest absolute Gasteiger partial charge is 0.115 e. The third kappa shape index (κ3) is 3.02. The van der Waals surface area contributed by atoms with E-state index in [2.05, 4.69) is 56.7 Å². The number of aromatic nitrogens is 2. The number of imidazole rings is 1. The van der Waals surface area contributed by atoms with Crippen LogP contribution >= 0.6 is 0 Å². The van der Waals surface area contributed by atoms with E-state index < -0.39 is 0 Å². The highest BCUT2D eigenvalue weighted by atomic mass is 14.9. The highest BCUT2D eigenvalue weighted by molar-refractivity contribution is 5.16. The van der Waals surface area contributed by atoms with Crippen LogP contribution in [0.25, 0.3) is 0 Å². The molecule has 14 heavy (non-hydrogen) atoms. The minimum atomic E-state index is -0.0171. The van der Waals surface area contributed by atoms with E-state index in [1.807, 2.05) is 6.20 Å². The SMILES string of the molecule is CC(C)(C)/C=C/C(C)(C)c1ncc[nH]1. The number of nitrogens with zero attached hydrogens (tertiary/aromatic N) is 1. The molecule has 0 aliphatic rings. The zero-order valence-electron chi connectivity index (χ0n) is 9.76. The fraction of sp³-hybridized carbons (Fsp3) is 0.583. The summed E-state index contributed by atoms with van der Waals surface area (Å²) in [5.74, 6) is 1.01. The summed E-state index contributed by atoms with van der Waals surface area (Å²) in [6, 6.07) is 0. The van der Waals surface area contributed by atoms with E-state index in [-0.39, 0.29) is 10.8 Å². The van der Waals surface area contributed by atoms with Crippen molar-refractivity contribution < 1.29 is 0 Å². The van der Waals surface area contributed by atoms with Crippen molar-refractivity contribution in [3.05, 3.63) is 30.4 Å². The van der Waals surface area contributed by atoms with Crippen molar-refractivity contribution in [2.24, 2.45) is 5.41 Å². The predicted octanol–water partition coefficient (Wildman–Crippen LogP) is 3.29. The molecule has 1 aromatic heterocycles. The Labute approximate surface area is 86.5 Å². The van der Waals surface area contributed by atoms with E-state index in [0.717, 1.165) is 5.82 Å². The second-order valence-corrected chi connectivity index (χ2v) is 5.36. The summed E-state index contributed by atoms with van der Waals surface area (Å²) >= 11 is 0. The van der Waals surface area contributed by atoms with Crippen LogP contribution in [0.2, 0.25) is 0 Å². The Hall–Kier alpha value is -1.05. The van der Waals surface area contributed by atoms with Crippen molar-refractivity contribution in [3.63, 3.8) is 0 Å². The molecule has 0 bridgehead atoms. The molecule has 0 radical (unpaired) electrons. The molecule has 1 N–H and O–H groups in total. The van der Waals surface area contributed by atoms with Gasteiger partial charge in [-0.15, -0.1) is 0 Å². The van der Waals surface area contributed by atoms with Crippen LogP contribution < -0.4 is 0 Å². The van der Waals surface area contributed by atoms with Crippen molar-refractivity contribution >= 4 is 0 Å². The Morgan fingerprint density at radius 3 is 2.21 bits per heavy atom. The van der Waals surface area contributed by atoms with Crippen molar-refractivity contribution in [2.75, 3.05) is 0 Å². The van der Waals surface area contributed by atoms with Gasteiger partial charge in [-0.05, 0) is 19.3 Å². The van der Waals surface area contributed by atoms with Crippen LogP contribution in [-0.4, -0.2) is 9.97 Å². The van der Waals surface area contributed by atoms with Gasteiger partial charge in [0.1, 0.15) is 5.82 Å². The molecule has 1 rings (SSSR count). The summed E-state index contributed by atoms with van der Waals surface area (Å²) < 4.78 is 0. The van der Waals surface area contributed by atoms with Crippen LogP contribution in [0.1, 0.15) is 40.4 Å². The van der Waals surface area contributed by atoms with Crippen LogP contribution in [-0.2, 0) is 5.41 Å². The molecule has 0 aliphatic heterocycles. The van der Waals surface area contributed by atoms with Crippen molar-refractivity contribution in [1.29, 1.82) is 0 Å². The van der Waals surface area contributed by atoms with Gasteiger partial charge in [-0.3, -0.25) is 0 Å². The van der Waals surface area contributed by atoms with Crippen LogP contribution in [0.15, 0.2) is 24.5 Å². The summed E-state index contributed by atoms with van der Waals surface area (Å²) in [7, 11) is 0. The molecule has 2 heteroatoms. The zero-order chi connectivity index (χ0) is 10.8. The van der Waals surface area contributed by atoms with Gasteiger partial charge < -0.3 is 4.98 Å². The molecule has 0 amide bonds. The predicted molar refractivity (Wildman–Crippen MR) is 60.2 cm³/mol.